The van der Waals surface area contributed by atoms with E-state index >= 15 is 0 Å². The number of sulfonamides is 1. The van der Waals surface area contributed by atoms with Crippen LogP contribution in [0.2, 0.25) is 4.34 Å². The molecule has 3 rings (SSSR count). The molecule has 2 aromatic rings. The highest BCUT2D eigenvalue weighted by Crippen LogP contribution is 2.26. The zero-order valence-electron chi connectivity index (χ0n) is 14.1. The van der Waals surface area contributed by atoms with Crippen LogP contribution in [0.3, 0.4) is 0 Å². The second-order valence-corrected chi connectivity index (χ2v) is 9.78. The number of benzene rings is 1. The fourth-order valence-corrected chi connectivity index (χ4v) is 5.57. The first-order valence-corrected chi connectivity index (χ1v) is 11.0. The maximum absolute atomic E-state index is 13.0. The Morgan fingerprint density at radius 1 is 1.35 bits per heavy atom. The molecule has 1 amide bonds. The summed E-state index contributed by atoms with van der Waals surface area (Å²) in [5.41, 5.74) is 0.986. The molecule has 0 unspecified atom stereocenters. The minimum absolute atomic E-state index is 0.146. The summed E-state index contributed by atoms with van der Waals surface area (Å²) in [5, 5.41) is 0. The van der Waals surface area contributed by atoms with E-state index in [0.29, 0.717) is 41.6 Å². The lowest BCUT2D eigenvalue weighted by molar-refractivity contribution is 0.0764. The standard InChI is InChI=1S/C18H19ClN2O3S2/c1-2-9-20(13-16-7-8-17(19)25-16)18(22)14-5-3-6-15(12-14)21-10-4-11-26(21,23)24/h2-3,5-8,12H,1,4,9-11,13H2. The second-order valence-electron chi connectivity index (χ2n) is 5.97. The van der Waals surface area contributed by atoms with Crippen LogP contribution in [0.5, 0.6) is 0 Å². The molecule has 0 radical (unpaired) electrons. The van der Waals surface area contributed by atoms with E-state index in [1.54, 1.807) is 41.3 Å². The topological polar surface area (TPSA) is 57.7 Å². The van der Waals surface area contributed by atoms with Gasteiger partial charge in [0, 0.05) is 23.5 Å². The third-order valence-corrected chi connectivity index (χ3v) is 7.18. The van der Waals surface area contributed by atoms with Gasteiger partial charge in [-0.15, -0.1) is 17.9 Å². The summed E-state index contributed by atoms with van der Waals surface area (Å²) in [6, 6.07) is 10.5. The number of halogens is 1. The minimum atomic E-state index is -3.28. The van der Waals surface area contributed by atoms with Crippen LogP contribution in [-0.2, 0) is 16.6 Å². The molecule has 1 saturated heterocycles. The molecule has 0 atom stereocenters. The smallest absolute Gasteiger partial charge is 0.254 e. The monoisotopic (exact) mass is 410 g/mol. The Morgan fingerprint density at radius 2 is 2.15 bits per heavy atom. The van der Waals surface area contributed by atoms with E-state index in [9.17, 15) is 13.2 Å². The van der Waals surface area contributed by atoms with Crippen LogP contribution in [0.15, 0.2) is 49.1 Å². The molecule has 0 bridgehead atoms. The summed E-state index contributed by atoms with van der Waals surface area (Å²) in [6.07, 6.45) is 2.27. The van der Waals surface area contributed by atoms with Crippen LogP contribution < -0.4 is 4.31 Å². The highest BCUT2D eigenvalue weighted by atomic mass is 35.5. The van der Waals surface area contributed by atoms with Gasteiger partial charge in [-0.3, -0.25) is 9.10 Å². The average molecular weight is 411 g/mol. The Hall–Kier alpha value is -1.83. The summed E-state index contributed by atoms with van der Waals surface area (Å²) in [6.45, 7) is 4.98. The Morgan fingerprint density at radius 3 is 2.77 bits per heavy atom. The van der Waals surface area contributed by atoms with Crippen LogP contribution in [0.4, 0.5) is 5.69 Å². The van der Waals surface area contributed by atoms with Crippen molar-refractivity contribution in [1.29, 1.82) is 0 Å². The Labute approximate surface area is 162 Å². The Balaban J connectivity index is 1.85. The van der Waals surface area contributed by atoms with E-state index < -0.39 is 10.0 Å². The molecular formula is C18H19ClN2O3S2. The molecule has 1 aromatic carbocycles. The van der Waals surface area contributed by atoms with Crippen molar-refractivity contribution in [2.75, 3.05) is 23.1 Å². The van der Waals surface area contributed by atoms with Crippen molar-refractivity contribution >= 4 is 44.6 Å². The summed E-state index contributed by atoms with van der Waals surface area (Å²) >= 11 is 7.40. The number of hydrogen-bond donors (Lipinski definition) is 0. The molecule has 2 heterocycles. The number of amides is 1. The molecule has 0 aliphatic carbocycles. The number of carbonyl (C=O) groups is 1. The Bertz CT molecular complexity index is 924. The molecular weight excluding hydrogens is 392 g/mol. The number of nitrogens with zero attached hydrogens (tertiary/aromatic N) is 2. The quantitative estimate of drug-likeness (QED) is 0.681. The van der Waals surface area contributed by atoms with Gasteiger partial charge in [0.25, 0.3) is 5.91 Å². The minimum Gasteiger partial charge on any atom is -0.330 e. The third kappa shape index (κ3) is 4.11. The highest BCUT2D eigenvalue weighted by Gasteiger charge is 2.29. The summed E-state index contributed by atoms with van der Waals surface area (Å²) in [4.78, 5) is 15.6. The number of hydrogen-bond acceptors (Lipinski definition) is 4. The summed E-state index contributed by atoms with van der Waals surface area (Å²) in [5.74, 6) is -0.0275. The van der Waals surface area contributed by atoms with Crippen LogP contribution in [0.25, 0.3) is 0 Å². The van der Waals surface area contributed by atoms with E-state index in [-0.39, 0.29) is 11.7 Å². The van der Waals surface area contributed by atoms with E-state index in [1.807, 2.05) is 6.07 Å². The van der Waals surface area contributed by atoms with Crippen molar-refractivity contribution in [2.24, 2.45) is 0 Å². The van der Waals surface area contributed by atoms with Gasteiger partial charge in [-0.2, -0.15) is 0 Å². The number of rotatable bonds is 6. The van der Waals surface area contributed by atoms with Gasteiger partial charge in [0.2, 0.25) is 10.0 Å². The fraction of sp³-hybridized carbons (Fsp3) is 0.278. The highest BCUT2D eigenvalue weighted by molar-refractivity contribution is 7.93. The van der Waals surface area contributed by atoms with Gasteiger partial charge in [-0.1, -0.05) is 23.7 Å². The maximum Gasteiger partial charge on any atom is 0.254 e. The molecule has 0 saturated carbocycles. The van der Waals surface area contributed by atoms with Gasteiger partial charge < -0.3 is 4.90 Å². The average Bonchev–Trinajstić information content (AvgIpc) is 3.18. The molecule has 1 fully saturated rings. The number of anilines is 1. The van der Waals surface area contributed by atoms with Gasteiger partial charge >= 0.3 is 0 Å². The predicted molar refractivity (Wildman–Crippen MR) is 106 cm³/mol. The first kappa shape index (κ1) is 18.9. The van der Waals surface area contributed by atoms with Crippen LogP contribution in [-0.4, -0.2) is 38.1 Å². The van der Waals surface area contributed by atoms with Crippen LogP contribution in [0, 0.1) is 0 Å². The van der Waals surface area contributed by atoms with E-state index in [0.717, 1.165) is 4.88 Å². The molecule has 1 aromatic heterocycles. The molecule has 138 valence electrons. The first-order valence-electron chi connectivity index (χ1n) is 8.15. The molecule has 26 heavy (non-hydrogen) atoms. The molecule has 1 aliphatic heterocycles. The summed E-state index contributed by atoms with van der Waals surface area (Å²) < 4.78 is 26.3. The first-order chi connectivity index (χ1) is 12.4. The lowest BCUT2D eigenvalue weighted by Gasteiger charge is -2.22. The van der Waals surface area contributed by atoms with Crippen molar-refractivity contribution in [1.82, 2.24) is 4.90 Å². The van der Waals surface area contributed by atoms with Crippen molar-refractivity contribution < 1.29 is 13.2 Å². The van der Waals surface area contributed by atoms with Gasteiger partial charge in [-0.05, 0) is 36.8 Å². The lowest BCUT2D eigenvalue weighted by Crippen LogP contribution is -2.31. The zero-order chi connectivity index (χ0) is 18.7. The molecule has 0 spiro atoms. The van der Waals surface area contributed by atoms with Crippen LogP contribution >= 0.6 is 22.9 Å². The van der Waals surface area contributed by atoms with Crippen molar-refractivity contribution in [2.45, 2.75) is 13.0 Å². The Kier molecular flexibility index (Phi) is 5.70. The SMILES string of the molecule is C=CCN(Cc1ccc(Cl)s1)C(=O)c1cccc(N2CCCS2(=O)=O)c1. The maximum atomic E-state index is 13.0. The largest absolute Gasteiger partial charge is 0.330 e. The zero-order valence-corrected chi connectivity index (χ0v) is 16.5. The molecule has 5 nitrogen and oxygen atoms in total. The van der Waals surface area contributed by atoms with Crippen molar-refractivity contribution in [3.63, 3.8) is 0 Å². The van der Waals surface area contributed by atoms with E-state index in [1.165, 1.54) is 15.6 Å². The van der Waals surface area contributed by atoms with E-state index in [2.05, 4.69) is 6.58 Å². The van der Waals surface area contributed by atoms with Crippen molar-refractivity contribution in [3.05, 3.63) is 63.8 Å². The van der Waals surface area contributed by atoms with Crippen LogP contribution in [0.1, 0.15) is 21.7 Å². The normalized spacial score (nSPS) is 15.8. The van der Waals surface area contributed by atoms with Gasteiger partial charge in [-0.25, -0.2) is 8.42 Å². The number of thiophene rings is 1. The molecule has 8 heteroatoms. The predicted octanol–water partition coefficient (Wildman–Crippen LogP) is 3.77. The van der Waals surface area contributed by atoms with Gasteiger partial charge in [0.1, 0.15) is 0 Å². The van der Waals surface area contributed by atoms with Gasteiger partial charge in [0.05, 0.1) is 22.3 Å². The summed E-state index contributed by atoms with van der Waals surface area (Å²) in [7, 11) is -3.28. The molecule has 0 N–H and O–H groups in total. The molecule has 1 aliphatic rings. The third-order valence-electron chi connectivity index (χ3n) is 4.09. The fourth-order valence-electron chi connectivity index (χ4n) is 2.91. The number of carbonyl (C=O) groups excluding carboxylic acids is 1. The second kappa shape index (κ2) is 7.82. The van der Waals surface area contributed by atoms with Crippen molar-refractivity contribution in [3.8, 4) is 0 Å². The van der Waals surface area contributed by atoms with E-state index in [4.69, 9.17) is 11.6 Å². The van der Waals surface area contributed by atoms with Gasteiger partial charge in [0.15, 0.2) is 0 Å². The lowest BCUT2D eigenvalue weighted by atomic mass is 10.1.